The first-order valence-corrected chi connectivity index (χ1v) is 14.0. The molecule has 0 aliphatic carbocycles. The first-order chi connectivity index (χ1) is 18.5. The Labute approximate surface area is 223 Å². The molecule has 0 radical (unpaired) electrons. The van der Waals surface area contributed by atoms with Gasteiger partial charge in [0.15, 0.2) is 0 Å². The van der Waals surface area contributed by atoms with E-state index in [1.807, 2.05) is 24.3 Å². The molecule has 38 heavy (non-hydrogen) atoms. The number of benzene rings is 2. The van der Waals surface area contributed by atoms with Crippen LogP contribution < -0.4 is 11.2 Å². The van der Waals surface area contributed by atoms with Crippen LogP contribution in [-0.2, 0) is 30.8 Å². The number of para-hydroxylation sites is 1. The molecule has 4 heterocycles. The standard InChI is InChI=1S/C30H38N4O4/c35-25(20-32-13-9-23-5-1-2-6-24(23)19-32)21-34-28(36)26-7-3-4-8-27(26)33(29(34)37)17-16-31-14-10-30(11-15-31)12-18-38-22-30/h1-8,25,35H,9-22H2. The highest BCUT2D eigenvalue weighted by Crippen LogP contribution is 2.38. The molecule has 0 amide bonds. The molecule has 1 atom stereocenters. The molecule has 6 rings (SSSR count). The zero-order valence-corrected chi connectivity index (χ0v) is 22.1. The summed E-state index contributed by atoms with van der Waals surface area (Å²) >= 11 is 0. The van der Waals surface area contributed by atoms with Crippen LogP contribution in [0.2, 0.25) is 0 Å². The summed E-state index contributed by atoms with van der Waals surface area (Å²) < 4.78 is 8.63. The van der Waals surface area contributed by atoms with Gasteiger partial charge in [-0.15, -0.1) is 0 Å². The quantitative estimate of drug-likeness (QED) is 0.516. The van der Waals surface area contributed by atoms with Gasteiger partial charge >= 0.3 is 5.69 Å². The molecule has 0 bridgehead atoms. The third kappa shape index (κ3) is 5.10. The number of rotatable bonds is 7. The van der Waals surface area contributed by atoms with Crippen LogP contribution in [0.25, 0.3) is 10.9 Å². The molecule has 202 valence electrons. The van der Waals surface area contributed by atoms with E-state index in [1.165, 1.54) is 15.7 Å². The molecule has 8 nitrogen and oxygen atoms in total. The maximum atomic E-state index is 13.6. The lowest BCUT2D eigenvalue weighted by molar-refractivity contribution is 0.0786. The molecule has 0 saturated carbocycles. The summed E-state index contributed by atoms with van der Waals surface area (Å²) in [6, 6.07) is 15.7. The van der Waals surface area contributed by atoms with Gasteiger partial charge in [0.1, 0.15) is 0 Å². The Kier molecular flexibility index (Phi) is 7.22. The number of aliphatic hydroxyl groups is 1. The normalized spacial score (nSPS) is 20.7. The summed E-state index contributed by atoms with van der Waals surface area (Å²) in [6.45, 7) is 7.08. The Morgan fingerprint density at radius 2 is 1.61 bits per heavy atom. The second-order valence-electron chi connectivity index (χ2n) is 11.4. The van der Waals surface area contributed by atoms with Crippen LogP contribution in [0, 0.1) is 5.41 Å². The predicted octanol–water partition coefficient (Wildman–Crippen LogP) is 2.08. The van der Waals surface area contributed by atoms with Crippen LogP contribution in [-0.4, -0.2) is 76.1 Å². The largest absolute Gasteiger partial charge is 0.390 e. The minimum absolute atomic E-state index is 0.00706. The lowest BCUT2D eigenvalue weighted by Gasteiger charge is -2.38. The molecular formula is C30H38N4O4. The molecule has 1 aromatic heterocycles. The summed E-state index contributed by atoms with van der Waals surface area (Å²) in [5.74, 6) is 0. The van der Waals surface area contributed by atoms with Gasteiger partial charge in [-0.25, -0.2) is 4.79 Å². The number of likely N-dealkylation sites (tertiary alicyclic amines) is 1. The fourth-order valence-electron chi connectivity index (χ4n) is 6.56. The van der Waals surface area contributed by atoms with E-state index in [-0.39, 0.29) is 17.8 Å². The molecule has 8 heteroatoms. The average molecular weight is 519 g/mol. The Balaban J connectivity index is 1.17. The van der Waals surface area contributed by atoms with Gasteiger partial charge < -0.3 is 14.7 Å². The molecule has 1 N–H and O–H groups in total. The molecular weight excluding hydrogens is 480 g/mol. The van der Waals surface area contributed by atoms with E-state index in [1.54, 1.807) is 10.6 Å². The molecule has 1 spiro atoms. The average Bonchev–Trinajstić information content (AvgIpc) is 3.40. The van der Waals surface area contributed by atoms with Crippen molar-refractivity contribution in [3.8, 4) is 0 Å². The van der Waals surface area contributed by atoms with Crippen molar-refractivity contribution in [3.05, 3.63) is 80.5 Å². The van der Waals surface area contributed by atoms with Gasteiger partial charge in [-0.3, -0.25) is 18.8 Å². The van der Waals surface area contributed by atoms with Crippen molar-refractivity contribution in [1.29, 1.82) is 0 Å². The maximum absolute atomic E-state index is 13.6. The zero-order chi connectivity index (χ0) is 26.1. The Morgan fingerprint density at radius 1 is 0.842 bits per heavy atom. The summed E-state index contributed by atoms with van der Waals surface area (Å²) in [6.07, 6.45) is 3.55. The zero-order valence-electron chi connectivity index (χ0n) is 22.1. The topological polar surface area (TPSA) is 79.9 Å². The van der Waals surface area contributed by atoms with Gasteiger partial charge in [-0.1, -0.05) is 36.4 Å². The maximum Gasteiger partial charge on any atom is 0.331 e. The summed E-state index contributed by atoms with van der Waals surface area (Å²) in [7, 11) is 0. The van der Waals surface area contributed by atoms with Crippen LogP contribution >= 0.6 is 0 Å². The number of ether oxygens (including phenoxy) is 1. The summed E-state index contributed by atoms with van der Waals surface area (Å²) in [5, 5.41) is 11.5. The molecule has 2 fully saturated rings. The third-order valence-corrected chi connectivity index (χ3v) is 8.95. The van der Waals surface area contributed by atoms with E-state index < -0.39 is 6.10 Å². The second kappa shape index (κ2) is 10.8. The number of hydrogen-bond acceptors (Lipinski definition) is 6. The minimum Gasteiger partial charge on any atom is -0.390 e. The first kappa shape index (κ1) is 25.5. The smallest absolute Gasteiger partial charge is 0.331 e. The van der Waals surface area contributed by atoms with Crippen LogP contribution in [0.1, 0.15) is 30.4 Å². The highest BCUT2D eigenvalue weighted by molar-refractivity contribution is 5.77. The number of β-amino-alcohol motifs (C(OH)–C–C–N with tert-alkyl or cyclic N) is 1. The van der Waals surface area contributed by atoms with E-state index in [0.29, 0.717) is 29.4 Å². The summed E-state index contributed by atoms with van der Waals surface area (Å²) in [4.78, 5) is 31.6. The highest BCUT2D eigenvalue weighted by atomic mass is 16.5. The minimum atomic E-state index is -0.813. The lowest BCUT2D eigenvalue weighted by Crippen LogP contribution is -2.47. The number of aliphatic hydroxyl groups excluding tert-OH is 1. The SMILES string of the molecule is O=c1c2ccccc2n(CCN2CCC3(CCOC3)CC2)c(=O)n1CC(O)CN1CCc2ccccc2C1. The highest BCUT2D eigenvalue weighted by Gasteiger charge is 2.37. The Bertz CT molecular complexity index is 1400. The van der Waals surface area contributed by atoms with Crippen molar-refractivity contribution < 1.29 is 9.84 Å². The number of hydrogen-bond donors (Lipinski definition) is 1. The second-order valence-corrected chi connectivity index (χ2v) is 11.4. The van der Waals surface area contributed by atoms with Crippen LogP contribution in [0.3, 0.4) is 0 Å². The number of aromatic nitrogens is 2. The fraction of sp³-hybridized carbons (Fsp3) is 0.533. The van der Waals surface area contributed by atoms with E-state index in [9.17, 15) is 14.7 Å². The monoisotopic (exact) mass is 518 g/mol. The van der Waals surface area contributed by atoms with Gasteiger partial charge in [0, 0.05) is 39.3 Å². The Morgan fingerprint density at radius 3 is 2.39 bits per heavy atom. The van der Waals surface area contributed by atoms with Crippen molar-refractivity contribution in [2.45, 2.75) is 51.4 Å². The molecule has 3 aliphatic heterocycles. The van der Waals surface area contributed by atoms with E-state index in [2.05, 4.69) is 28.0 Å². The number of fused-ring (bicyclic) bond motifs is 2. The first-order valence-electron chi connectivity index (χ1n) is 14.0. The molecule has 2 aromatic carbocycles. The van der Waals surface area contributed by atoms with Crippen LogP contribution in [0.4, 0.5) is 0 Å². The van der Waals surface area contributed by atoms with Gasteiger partial charge in [-0.2, -0.15) is 0 Å². The van der Waals surface area contributed by atoms with Crippen molar-refractivity contribution in [3.63, 3.8) is 0 Å². The van der Waals surface area contributed by atoms with E-state index in [4.69, 9.17) is 4.74 Å². The lowest BCUT2D eigenvalue weighted by atomic mass is 9.78. The van der Waals surface area contributed by atoms with Crippen molar-refractivity contribution in [2.24, 2.45) is 5.41 Å². The molecule has 2 saturated heterocycles. The molecule has 3 aliphatic rings. The van der Waals surface area contributed by atoms with E-state index >= 15 is 0 Å². The third-order valence-electron chi connectivity index (χ3n) is 8.95. The van der Waals surface area contributed by atoms with E-state index in [0.717, 1.165) is 71.6 Å². The van der Waals surface area contributed by atoms with Crippen molar-refractivity contribution in [2.75, 3.05) is 45.9 Å². The van der Waals surface area contributed by atoms with Gasteiger partial charge in [0.25, 0.3) is 5.56 Å². The van der Waals surface area contributed by atoms with Gasteiger partial charge in [0.05, 0.1) is 30.2 Å². The number of piperidine rings is 1. The van der Waals surface area contributed by atoms with Gasteiger partial charge in [-0.05, 0) is 67.4 Å². The van der Waals surface area contributed by atoms with Gasteiger partial charge in [0.2, 0.25) is 0 Å². The fourth-order valence-corrected chi connectivity index (χ4v) is 6.56. The number of nitrogens with zero attached hydrogens (tertiary/aromatic N) is 4. The molecule has 3 aromatic rings. The Hall–Kier alpha value is -2.78. The predicted molar refractivity (Wildman–Crippen MR) is 147 cm³/mol. The van der Waals surface area contributed by atoms with Crippen molar-refractivity contribution in [1.82, 2.24) is 18.9 Å². The van der Waals surface area contributed by atoms with Crippen molar-refractivity contribution >= 4 is 10.9 Å². The summed E-state index contributed by atoms with van der Waals surface area (Å²) in [5.41, 5.74) is 2.98. The molecule has 1 unspecified atom stereocenters. The van der Waals surface area contributed by atoms with Crippen LogP contribution in [0.5, 0.6) is 0 Å². The van der Waals surface area contributed by atoms with Crippen LogP contribution in [0.15, 0.2) is 58.1 Å².